The normalized spacial score (nSPS) is 17.2. The van der Waals surface area contributed by atoms with E-state index < -0.39 is 11.9 Å². The zero-order valence-electron chi connectivity index (χ0n) is 12.5. The van der Waals surface area contributed by atoms with Gasteiger partial charge in [-0.25, -0.2) is 0 Å². The van der Waals surface area contributed by atoms with E-state index in [1.54, 1.807) is 31.2 Å². The van der Waals surface area contributed by atoms with Gasteiger partial charge in [0.25, 0.3) is 0 Å². The second-order valence-electron chi connectivity index (χ2n) is 5.94. The van der Waals surface area contributed by atoms with E-state index in [1.165, 1.54) is 19.3 Å². The number of carboxylic acid groups (broad SMARTS) is 1. The van der Waals surface area contributed by atoms with Crippen molar-refractivity contribution in [1.82, 2.24) is 0 Å². The molecule has 4 nitrogen and oxygen atoms in total. The van der Waals surface area contributed by atoms with Crippen LogP contribution in [0, 0.1) is 5.92 Å². The Bertz CT molecular complexity index is 507. The number of amides is 1. The first kappa shape index (κ1) is 15.5. The molecule has 1 saturated carbocycles. The van der Waals surface area contributed by atoms with E-state index in [0.29, 0.717) is 23.6 Å². The van der Waals surface area contributed by atoms with Gasteiger partial charge in [0.05, 0.1) is 5.92 Å². The van der Waals surface area contributed by atoms with Crippen molar-refractivity contribution in [3.63, 3.8) is 0 Å². The lowest BCUT2D eigenvalue weighted by molar-refractivity contribution is -0.138. The van der Waals surface area contributed by atoms with Crippen molar-refractivity contribution < 1.29 is 14.7 Å². The minimum atomic E-state index is -0.860. The minimum absolute atomic E-state index is 0.0297. The van der Waals surface area contributed by atoms with Crippen LogP contribution in [0.15, 0.2) is 24.3 Å². The molecule has 1 aliphatic carbocycles. The Morgan fingerprint density at radius 1 is 1.29 bits per heavy atom. The molecule has 1 aromatic rings. The molecule has 0 aromatic heterocycles. The van der Waals surface area contributed by atoms with E-state index in [0.717, 1.165) is 12.8 Å². The van der Waals surface area contributed by atoms with E-state index in [9.17, 15) is 9.59 Å². The lowest BCUT2D eigenvalue weighted by Gasteiger charge is -2.21. The van der Waals surface area contributed by atoms with Crippen molar-refractivity contribution >= 4 is 17.6 Å². The Kier molecular flexibility index (Phi) is 5.37. The maximum Gasteiger partial charge on any atom is 0.310 e. The third kappa shape index (κ3) is 4.59. The van der Waals surface area contributed by atoms with Crippen LogP contribution in [0.2, 0.25) is 0 Å². The number of carboxylic acids is 1. The molecule has 21 heavy (non-hydrogen) atoms. The fourth-order valence-corrected chi connectivity index (χ4v) is 2.89. The van der Waals surface area contributed by atoms with Crippen molar-refractivity contribution in [3.8, 4) is 0 Å². The number of anilines is 1. The van der Waals surface area contributed by atoms with Crippen molar-refractivity contribution in [2.24, 2.45) is 5.92 Å². The highest BCUT2D eigenvalue weighted by Crippen LogP contribution is 2.27. The maximum atomic E-state index is 12.1. The summed E-state index contributed by atoms with van der Waals surface area (Å²) in [6, 6.07) is 7.11. The summed E-state index contributed by atoms with van der Waals surface area (Å²) < 4.78 is 0. The fraction of sp³-hybridized carbons (Fsp3) is 0.529. The Hall–Kier alpha value is -1.84. The zero-order valence-corrected chi connectivity index (χ0v) is 12.5. The number of hydrogen-bond acceptors (Lipinski definition) is 2. The van der Waals surface area contributed by atoms with Crippen LogP contribution in [0.4, 0.5) is 5.69 Å². The van der Waals surface area contributed by atoms with Crippen LogP contribution in [0.25, 0.3) is 0 Å². The topological polar surface area (TPSA) is 66.4 Å². The molecule has 0 saturated heterocycles. The lowest BCUT2D eigenvalue weighted by atomic mass is 9.87. The second kappa shape index (κ2) is 7.25. The van der Waals surface area contributed by atoms with Crippen LogP contribution >= 0.6 is 0 Å². The zero-order chi connectivity index (χ0) is 15.2. The third-order valence-corrected chi connectivity index (χ3v) is 4.24. The molecule has 1 unspecified atom stereocenters. The number of carbonyl (C=O) groups is 2. The summed E-state index contributed by atoms with van der Waals surface area (Å²) in [5.41, 5.74) is 1.39. The molecule has 0 bridgehead atoms. The molecule has 2 rings (SSSR count). The number of carbonyl (C=O) groups excluding carboxylic acids is 1. The van der Waals surface area contributed by atoms with Crippen molar-refractivity contribution in [1.29, 1.82) is 0 Å². The van der Waals surface area contributed by atoms with Gasteiger partial charge in [-0.05, 0) is 43.4 Å². The van der Waals surface area contributed by atoms with E-state index in [1.807, 2.05) is 0 Å². The molecule has 0 radical (unpaired) electrons. The third-order valence-electron chi connectivity index (χ3n) is 4.24. The summed E-state index contributed by atoms with van der Waals surface area (Å²) in [4.78, 5) is 23.1. The standard InChI is InChI=1S/C17H23NO3/c1-12(17(20)21)14-8-5-9-15(11-14)18-16(19)10-13-6-3-2-4-7-13/h5,8-9,11-13H,2-4,6-7,10H2,1H3,(H,18,19)(H,20,21). The predicted molar refractivity (Wildman–Crippen MR) is 82.3 cm³/mol. The number of hydrogen-bond donors (Lipinski definition) is 2. The molecule has 2 N–H and O–H groups in total. The molecule has 1 atom stereocenters. The summed E-state index contributed by atoms with van der Waals surface area (Å²) >= 11 is 0. The molecule has 114 valence electrons. The van der Waals surface area contributed by atoms with E-state index in [4.69, 9.17) is 5.11 Å². The maximum absolute atomic E-state index is 12.1. The van der Waals surface area contributed by atoms with Crippen LogP contribution in [-0.4, -0.2) is 17.0 Å². The van der Waals surface area contributed by atoms with Gasteiger partial charge in [0.15, 0.2) is 0 Å². The first-order chi connectivity index (χ1) is 10.1. The van der Waals surface area contributed by atoms with Crippen LogP contribution in [0.3, 0.4) is 0 Å². The monoisotopic (exact) mass is 289 g/mol. The van der Waals surface area contributed by atoms with Crippen molar-refractivity contribution in [2.75, 3.05) is 5.32 Å². The van der Waals surface area contributed by atoms with Gasteiger partial charge in [0, 0.05) is 12.1 Å². The summed E-state index contributed by atoms with van der Waals surface area (Å²) in [6.07, 6.45) is 6.59. The highest BCUT2D eigenvalue weighted by atomic mass is 16.4. The van der Waals surface area contributed by atoms with Crippen LogP contribution < -0.4 is 5.32 Å². The molecule has 0 heterocycles. The molecule has 1 fully saturated rings. The first-order valence-electron chi connectivity index (χ1n) is 7.69. The van der Waals surface area contributed by atoms with Gasteiger partial charge in [0.2, 0.25) is 5.91 Å². The summed E-state index contributed by atoms with van der Waals surface area (Å²) in [5, 5.41) is 11.9. The van der Waals surface area contributed by atoms with Crippen molar-refractivity contribution in [3.05, 3.63) is 29.8 Å². The molecule has 1 amide bonds. The quantitative estimate of drug-likeness (QED) is 0.866. The van der Waals surface area contributed by atoms with E-state index in [-0.39, 0.29) is 5.91 Å². The summed E-state index contributed by atoms with van der Waals surface area (Å²) in [7, 11) is 0. The van der Waals surface area contributed by atoms with Crippen molar-refractivity contribution in [2.45, 2.75) is 51.4 Å². The molecule has 4 heteroatoms. The number of rotatable bonds is 5. The van der Waals surface area contributed by atoms with Gasteiger partial charge in [-0.1, -0.05) is 31.4 Å². The first-order valence-corrected chi connectivity index (χ1v) is 7.69. The average Bonchev–Trinajstić information content (AvgIpc) is 2.47. The largest absolute Gasteiger partial charge is 0.481 e. The molecular weight excluding hydrogens is 266 g/mol. The van der Waals surface area contributed by atoms with Crippen LogP contribution in [0.5, 0.6) is 0 Å². The van der Waals surface area contributed by atoms with Gasteiger partial charge in [-0.2, -0.15) is 0 Å². The SMILES string of the molecule is CC(C(=O)O)c1cccc(NC(=O)CC2CCCCC2)c1. The Morgan fingerprint density at radius 3 is 2.67 bits per heavy atom. The molecule has 0 spiro atoms. The molecule has 1 aliphatic rings. The smallest absolute Gasteiger partial charge is 0.310 e. The Labute approximate surface area is 125 Å². The molecular formula is C17H23NO3. The highest BCUT2D eigenvalue weighted by molar-refractivity contribution is 5.91. The minimum Gasteiger partial charge on any atom is -0.481 e. The van der Waals surface area contributed by atoms with Gasteiger partial charge in [-0.3, -0.25) is 9.59 Å². The van der Waals surface area contributed by atoms with E-state index in [2.05, 4.69) is 5.32 Å². The number of aliphatic carboxylic acids is 1. The van der Waals surface area contributed by atoms with E-state index >= 15 is 0 Å². The summed E-state index contributed by atoms with van der Waals surface area (Å²) in [5.74, 6) is -0.900. The average molecular weight is 289 g/mol. The fourth-order valence-electron chi connectivity index (χ4n) is 2.89. The van der Waals surface area contributed by atoms with Gasteiger partial charge in [0.1, 0.15) is 0 Å². The van der Waals surface area contributed by atoms with Gasteiger partial charge < -0.3 is 10.4 Å². The predicted octanol–water partition coefficient (Wildman–Crippen LogP) is 3.78. The van der Waals surface area contributed by atoms with Gasteiger partial charge >= 0.3 is 5.97 Å². The Morgan fingerprint density at radius 2 is 2.00 bits per heavy atom. The van der Waals surface area contributed by atoms with Crippen LogP contribution in [0.1, 0.15) is 56.9 Å². The Balaban J connectivity index is 1.94. The lowest BCUT2D eigenvalue weighted by Crippen LogP contribution is -2.18. The number of nitrogens with one attached hydrogen (secondary N) is 1. The van der Waals surface area contributed by atoms with Gasteiger partial charge in [-0.15, -0.1) is 0 Å². The highest BCUT2D eigenvalue weighted by Gasteiger charge is 2.18. The molecule has 0 aliphatic heterocycles. The number of benzene rings is 1. The second-order valence-corrected chi connectivity index (χ2v) is 5.94. The van der Waals surface area contributed by atoms with Crippen LogP contribution in [-0.2, 0) is 9.59 Å². The molecule has 1 aromatic carbocycles. The summed E-state index contributed by atoms with van der Waals surface area (Å²) in [6.45, 7) is 1.64.